The molecule has 0 spiro atoms. The molecule has 1 N–H and O–H groups in total. The Morgan fingerprint density at radius 1 is 1.12 bits per heavy atom. The first-order valence-electron chi connectivity index (χ1n) is 6.32. The molecule has 2 heterocycles. The number of pyridine rings is 1. The minimum atomic E-state index is -0.0967. The monoisotopic (exact) mass is 254 g/mol. The molecular weight excluding hydrogens is 236 g/mol. The first-order valence-corrected chi connectivity index (χ1v) is 6.70. The van der Waals surface area contributed by atoms with Crippen molar-refractivity contribution < 1.29 is 5.11 Å². The minimum absolute atomic E-state index is 0.0967. The van der Waals surface area contributed by atoms with Crippen molar-refractivity contribution in [3.05, 3.63) is 22.8 Å². The second kappa shape index (κ2) is 6.22. The predicted octanol–water partition coefficient (Wildman–Crippen LogP) is 3.00. The van der Waals surface area contributed by atoms with E-state index in [9.17, 15) is 5.11 Å². The molecule has 1 aliphatic heterocycles. The number of halogens is 1. The average Bonchev–Trinajstić information content (AvgIpc) is 2.30. The van der Waals surface area contributed by atoms with Gasteiger partial charge in [-0.15, -0.1) is 0 Å². The Kier molecular flexibility index (Phi) is 4.63. The van der Waals surface area contributed by atoms with Gasteiger partial charge in [0.1, 0.15) is 5.82 Å². The fourth-order valence-electron chi connectivity index (χ4n) is 2.24. The smallest absolute Gasteiger partial charge is 0.129 e. The molecule has 17 heavy (non-hydrogen) atoms. The minimum Gasteiger partial charge on any atom is -0.390 e. The van der Waals surface area contributed by atoms with E-state index in [-0.39, 0.29) is 6.61 Å². The second-order valence-electron chi connectivity index (χ2n) is 4.51. The molecule has 0 aromatic carbocycles. The fraction of sp³-hybridized carbons (Fsp3) is 0.615. The zero-order chi connectivity index (χ0) is 12.1. The van der Waals surface area contributed by atoms with Gasteiger partial charge in [0.05, 0.1) is 17.3 Å². The third-order valence-corrected chi connectivity index (χ3v) is 3.58. The van der Waals surface area contributed by atoms with Crippen LogP contribution in [0.1, 0.15) is 37.8 Å². The summed E-state index contributed by atoms with van der Waals surface area (Å²) in [5, 5.41) is 9.72. The second-order valence-corrected chi connectivity index (χ2v) is 4.92. The van der Waals surface area contributed by atoms with E-state index < -0.39 is 0 Å². The SMILES string of the molecule is OCc1nc(N2CCCCCCC2)ccc1Cl. The van der Waals surface area contributed by atoms with Crippen LogP contribution in [0.5, 0.6) is 0 Å². The van der Waals surface area contributed by atoms with E-state index in [1.54, 1.807) is 0 Å². The summed E-state index contributed by atoms with van der Waals surface area (Å²) in [4.78, 5) is 6.73. The lowest BCUT2D eigenvalue weighted by molar-refractivity contribution is 0.277. The van der Waals surface area contributed by atoms with Crippen molar-refractivity contribution in [2.75, 3.05) is 18.0 Å². The average molecular weight is 255 g/mol. The van der Waals surface area contributed by atoms with Crippen LogP contribution in [0, 0.1) is 0 Å². The summed E-state index contributed by atoms with van der Waals surface area (Å²) in [5.41, 5.74) is 0.575. The fourth-order valence-corrected chi connectivity index (χ4v) is 2.40. The van der Waals surface area contributed by atoms with Gasteiger partial charge in [-0.05, 0) is 25.0 Å². The van der Waals surface area contributed by atoms with Crippen LogP contribution >= 0.6 is 11.6 Å². The quantitative estimate of drug-likeness (QED) is 0.882. The molecule has 0 atom stereocenters. The third-order valence-electron chi connectivity index (χ3n) is 3.23. The maximum atomic E-state index is 9.18. The molecule has 4 heteroatoms. The first kappa shape index (κ1) is 12.7. The maximum absolute atomic E-state index is 9.18. The summed E-state index contributed by atoms with van der Waals surface area (Å²) in [7, 11) is 0. The van der Waals surface area contributed by atoms with Crippen LogP contribution in [-0.2, 0) is 6.61 Å². The van der Waals surface area contributed by atoms with Crippen LogP contribution in [0.3, 0.4) is 0 Å². The number of hydrogen-bond acceptors (Lipinski definition) is 3. The highest BCUT2D eigenvalue weighted by atomic mass is 35.5. The lowest BCUT2D eigenvalue weighted by Crippen LogP contribution is -2.28. The summed E-state index contributed by atoms with van der Waals surface area (Å²) in [6.45, 7) is 2.01. The van der Waals surface area contributed by atoms with Gasteiger partial charge in [0.25, 0.3) is 0 Å². The number of nitrogens with zero attached hydrogens (tertiary/aromatic N) is 2. The highest BCUT2D eigenvalue weighted by Gasteiger charge is 2.11. The number of anilines is 1. The number of aromatic nitrogens is 1. The Morgan fingerprint density at radius 3 is 2.41 bits per heavy atom. The highest BCUT2D eigenvalue weighted by Crippen LogP contribution is 2.21. The van der Waals surface area contributed by atoms with E-state index in [0.29, 0.717) is 10.7 Å². The molecule has 3 nitrogen and oxygen atoms in total. The zero-order valence-electron chi connectivity index (χ0n) is 10.0. The van der Waals surface area contributed by atoms with Crippen LogP contribution in [0.2, 0.25) is 5.02 Å². The van der Waals surface area contributed by atoms with Crippen molar-refractivity contribution in [2.45, 2.75) is 38.7 Å². The maximum Gasteiger partial charge on any atom is 0.129 e. The Labute approximate surface area is 107 Å². The van der Waals surface area contributed by atoms with Gasteiger partial charge >= 0.3 is 0 Å². The Morgan fingerprint density at radius 2 is 1.76 bits per heavy atom. The van der Waals surface area contributed by atoms with Gasteiger partial charge in [0, 0.05) is 13.1 Å². The molecule has 1 aromatic rings. The molecular formula is C13H19ClN2O. The van der Waals surface area contributed by atoms with Crippen molar-refractivity contribution in [1.82, 2.24) is 4.98 Å². The Balaban J connectivity index is 2.13. The standard InChI is InChI=1S/C13H19ClN2O/c14-11-6-7-13(15-12(11)10-17)16-8-4-2-1-3-5-9-16/h6-7,17H,1-5,8-10H2. The van der Waals surface area contributed by atoms with Gasteiger partial charge in [0.2, 0.25) is 0 Å². The van der Waals surface area contributed by atoms with Gasteiger partial charge in [0.15, 0.2) is 0 Å². The zero-order valence-corrected chi connectivity index (χ0v) is 10.8. The molecule has 0 saturated carbocycles. The van der Waals surface area contributed by atoms with E-state index in [4.69, 9.17) is 11.6 Å². The van der Waals surface area contributed by atoms with E-state index in [2.05, 4.69) is 9.88 Å². The number of aliphatic hydroxyl groups excluding tert-OH is 1. The Bertz CT molecular complexity index is 362. The molecule has 2 rings (SSSR count). The molecule has 94 valence electrons. The lowest BCUT2D eigenvalue weighted by Gasteiger charge is -2.26. The van der Waals surface area contributed by atoms with Crippen molar-refractivity contribution in [3.8, 4) is 0 Å². The van der Waals surface area contributed by atoms with Crippen LogP contribution in [-0.4, -0.2) is 23.2 Å². The molecule has 0 amide bonds. The molecule has 0 radical (unpaired) electrons. The lowest BCUT2D eigenvalue weighted by atomic mass is 10.1. The third kappa shape index (κ3) is 3.33. The summed E-state index contributed by atoms with van der Waals surface area (Å²) >= 11 is 5.95. The Hall–Kier alpha value is -0.800. The predicted molar refractivity (Wildman–Crippen MR) is 70.5 cm³/mol. The van der Waals surface area contributed by atoms with Gasteiger partial charge in [-0.2, -0.15) is 0 Å². The first-order chi connectivity index (χ1) is 8.31. The van der Waals surface area contributed by atoms with Gasteiger partial charge < -0.3 is 10.0 Å². The van der Waals surface area contributed by atoms with E-state index in [0.717, 1.165) is 18.9 Å². The van der Waals surface area contributed by atoms with Gasteiger partial charge in [-0.3, -0.25) is 0 Å². The molecule has 0 aliphatic carbocycles. The largest absolute Gasteiger partial charge is 0.390 e. The molecule has 0 bridgehead atoms. The molecule has 1 aliphatic rings. The number of aliphatic hydroxyl groups is 1. The molecule has 0 unspecified atom stereocenters. The van der Waals surface area contributed by atoms with Gasteiger partial charge in [-0.25, -0.2) is 4.98 Å². The van der Waals surface area contributed by atoms with Crippen LogP contribution < -0.4 is 4.90 Å². The van der Waals surface area contributed by atoms with Crippen molar-refractivity contribution in [2.24, 2.45) is 0 Å². The normalized spacial score (nSPS) is 17.6. The van der Waals surface area contributed by atoms with E-state index in [1.807, 2.05) is 12.1 Å². The van der Waals surface area contributed by atoms with Crippen LogP contribution in [0.25, 0.3) is 0 Å². The highest BCUT2D eigenvalue weighted by molar-refractivity contribution is 6.31. The number of rotatable bonds is 2. The van der Waals surface area contributed by atoms with Gasteiger partial charge in [-0.1, -0.05) is 30.9 Å². The van der Waals surface area contributed by atoms with Crippen molar-refractivity contribution in [3.63, 3.8) is 0 Å². The molecule has 1 fully saturated rings. The van der Waals surface area contributed by atoms with E-state index in [1.165, 1.54) is 32.1 Å². The summed E-state index contributed by atoms with van der Waals surface area (Å²) < 4.78 is 0. The van der Waals surface area contributed by atoms with E-state index >= 15 is 0 Å². The van der Waals surface area contributed by atoms with Crippen LogP contribution in [0.4, 0.5) is 5.82 Å². The summed E-state index contributed by atoms with van der Waals surface area (Å²) in [6, 6.07) is 3.78. The summed E-state index contributed by atoms with van der Waals surface area (Å²) in [6.07, 6.45) is 6.40. The van der Waals surface area contributed by atoms with Crippen molar-refractivity contribution >= 4 is 17.4 Å². The summed E-state index contributed by atoms with van der Waals surface area (Å²) in [5.74, 6) is 0.945. The van der Waals surface area contributed by atoms with Crippen molar-refractivity contribution in [1.29, 1.82) is 0 Å². The van der Waals surface area contributed by atoms with Crippen LogP contribution in [0.15, 0.2) is 12.1 Å². The topological polar surface area (TPSA) is 36.4 Å². The molecule has 1 saturated heterocycles. The molecule has 1 aromatic heterocycles. The number of hydrogen-bond donors (Lipinski definition) is 1.